The van der Waals surface area contributed by atoms with Crippen LogP contribution < -0.4 is 10.6 Å². The molecule has 7 heteroatoms. The average molecular weight is 395 g/mol. The van der Waals surface area contributed by atoms with Crippen LogP contribution in [0, 0.1) is 0 Å². The molecular formula is C20H34N4O2S. The average Bonchev–Trinajstić information content (AvgIpc) is 2.66. The van der Waals surface area contributed by atoms with Crippen molar-refractivity contribution in [3.63, 3.8) is 0 Å². The van der Waals surface area contributed by atoms with Crippen LogP contribution in [0.1, 0.15) is 45.1 Å². The van der Waals surface area contributed by atoms with E-state index in [-0.39, 0.29) is 0 Å². The number of likely N-dealkylation sites (tertiary alicyclic amines) is 1. The SMILES string of the molecule is CCNC(=NCc1ccc(S(C)(=O)=O)cc1)NCCN1CCCCC1CC. The van der Waals surface area contributed by atoms with Crippen LogP contribution in [0.2, 0.25) is 0 Å². The van der Waals surface area contributed by atoms with E-state index >= 15 is 0 Å². The Morgan fingerprint density at radius 3 is 2.56 bits per heavy atom. The van der Waals surface area contributed by atoms with Gasteiger partial charge in [0.2, 0.25) is 0 Å². The van der Waals surface area contributed by atoms with Crippen molar-refractivity contribution in [2.45, 2.75) is 57.0 Å². The van der Waals surface area contributed by atoms with Crippen molar-refractivity contribution < 1.29 is 8.42 Å². The summed E-state index contributed by atoms with van der Waals surface area (Å²) in [7, 11) is -3.15. The van der Waals surface area contributed by atoms with E-state index in [9.17, 15) is 8.42 Å². The molecule has 0 radical (unpaired) electrons. The monoisotopic (exact) mass is 394 g/mol. The van der Waals surface area contributed by atoms with Crippen LogP contribution in [0.4, 0.5) is 0 Å². The molecule has 152 valence electrons. The minimum atomic E-state index is -3.15. The maximum Gasteiger partial charge on any atom is 0.191 e. The molecule has 1 aliphatic heterocycles. The molecule has 1 atom stereocenters. The largest absolute Gasteiger partial charge is 0.357 e. The number of hydrogen-bond acceptors (Lipinski definition) is 4. The lowest BCUT2D eigenvalue weighted by Crippen LogP contribution is -2.45. The van der Waals surface area contributed by atoms with Crippen molar-refractivity contribution >= 4 is 15.8 Å². The molecule has 1 fully saturated rings. The highest BCUT2D eigenvalue weighted by atomic mass is 32.2. The molecule has 1 heterocycles. The summed E-state index contributed by atoms with van der Waals surface area (Å²) in [5.41, 5.74) is 0.988. The van der Waals surface area contributed by atoms with Crippen LogP contribution in [0.25, 0.3) is 0 Å². The number of aliphatic imine (C=N–C) groups is 1. The number of sulfone groups is 1. The number of nitrogens with zero attached hydrogens (tertiary/aromatic N) is 2. The van der Waals surface area contributed by atoms with Gasteiger partial charge >= 0.3 is 0 Å². The smallest absolute Gasteiger partial charge is 0.191 e. The van der Waals surface area contributed by atoms with Gasteiger partial charge in [0.05, 0.1) is 11.4 Å². The van der Waals surface area contributed by atoms with Crippen LogP contribution >= 0.6 is 0 Å². The first kappa shape index (κ1) is 21.7. The fraction of sp³-hybridized carbons (Fsp3) is 0.650. The lowest BCUT2D eigenvalue weighted by atomic mass is 10.0. The molecule has 27 heavy (non-hydrogen) atoms. The van der Waals surface area contributed by atoms with Gasteiger partial charge in [-0.2, -0.15) is 0 Å². The summed E-state index contributed by atoms with van der Waals surface area (Å²) >= 11 is 0. The van der Waals surface area contributed by atoms with Gasteiger partial charge in [0.25, 0.3) is 0 Å². The van der Waals surface area contributed by atoms with Gasteiger partial charge in [-0.25, -0.2) is 13.4 Å². The highest BCUT2D eigenvalue weighted by Crippen LogP contribution is 2.18. The molecule has 1 saturated heterocycles. The molecule has 0 saturated carbocycles. The van der Waals surface area contributed by atoms with Crippen molar-refractivity contribution in [3.05, 3.63) is 29.8 Å². The number of piperidine rings is 1. The van der Waals surface area contributed by atoms with Gasteiger partial charge in [0, 0.05) is 31.9 Å². The molecule has 1 aromatic carbocycles. The van der Waals surface area contributed by atoms with Crippen molar-refractivity contribution in [2.24, 2.45) is 4.99 Å². The molecule has 1 aliphatic rings. The maximum absolute atomic E-state index is 11.5. The van der Waals surface area contributed by atoms with E-state index in [4.69, 9.17) is 0 Å². The summed E-state index contributed by atoms with van der Waals surface area (Å²) in [4.78, 5) is 7.55. The molecule has 1 aromatic rings. The van der Waals surface area contributed by atoms with Crippen LogP contribution in [-0.4, -0.2) is 57.8 Å². The molecule has 0 spiro atoms. The maximum atomic E-state index is 11.5. The first-order valence-corrected chi connectivity index (χ1v) is 11.9. The lowest BCUT2D eigenvalue weighted by molar-refractivity contribution is 0.147. The summed E-state index contributed by atoms with van der Waals surface area (Å²) in [6.45, 7) is 8.75. The minimum absolute atomic E-state index is 0.340. The molecule has 6 nitrogen and oxygen atoms in total. The van der Waals surface area contributed by atoms with E-state index in [0.717, 1.165) is 31.2 Å². The molecule has 0 bridgehead atoms. The second-order valence-electron chi connectivity index (χ2n) is 7.13. The van der Waals surface area contributed by atoms with Crippen LogP contribution in [0.3, 0.4) is 0 Å². The lowest BCUT2D eigenvalue weighted by Gasteiger charge is -2.35. The summed E-state index contributed by atoms with van der Waals surface area (Å²) in [6, 6.07) is 7.64. The molecular weight excluding hydrogens is 360 g/mol. The second-order valence-corrected chi connectivity index (χ2v) is 9.15. The minimum Gasteiger partial charge on any atom is -0.357 e. The van der Waals surface area contributed by atoms with E-state index in [1.165, 1.54) is 38.5 Å². The quantitative estimate of drug-likeness (QED) is 0.523. The summed E-state index contributed by atoms with van der Waals surface area (Å²) in [5, 5.41) is 6.70. The van der Waals surface area contributed by atoms with E-state index in [1.807, 2.05) is 12.1 Å². The van der Waals surface area contributed by atoms with E-state index in [2.05, 4.69) is 34.4 Å². The van der Waals surface area contributed by atoms with Crippen molar-refractivity contribution in [2.75, 3.05) is 32.4 Å². The standard InChI is InChI=1S/C20H34N4O2S/c1-4-18-8-6-7-14-24(18)15-13-22-20(21-5-2)23-16-17-9-11-19(12-10-17)27(3,25)26/h9-12,18H,4-8,13-16H2,1-3H3,(H2,21,22,23). The number of benzene rings is 1. The van der Waals surface area contributed by atoms with Gasteiger partial charge in [-0.05, 0) is 50.4 Å². The fourth-order valence-electron chi connectivity index (χ4n) is 3.49. The Bertz CT molecular complexity index is 701. The molecule has 1 unspecified atom stereocenters. The summed E-state index contributed by atoms with van der Waals surface area (Å²) in [6.07, 6.45) is 6.41. The zero-order valence-electron chi connectivity index (χ0n) is 16.9. The van der Waals surface area contributed by atoms with E-state index < -0.39 is 9.84 Å². The third-order valence-electron chi connectivity index (χ3n) is 5.03. The number of hydrogen-bond donors (Lipinski definition) is 2. The van der Waals surface area contributed by atoms with Gasteiger partial charge < -0.3 is 10.6 Å². The topological polar surface area (TPSA) is 73.8 Å². The highest BCUT2D eigenvalue weighted by Gasteiger charge is 2.19. The predicted molar refractivity (Wildman–Crippen MR) is 112 cm³/mol. The molecule has 0 aromatic heterocycles. The summed E-state index contributed by atoms with van der Waals surface area (Å²) < 4.78 is 23.1. The number of nitrogens with one attached hydrogen (secondary N) is 2. The van der Waals surface area contributed by atoms with Crippen molar-refractivity contribution in [3.8, 4) is 0 Å². The van der Waals surface area contributed by atoms with Crippen molar-refractivity contribution in [1.82, 2.24) is 15.5 Å². The van der Waals surface area contributed by atoms with Crippen LogP contribution in [-0.2, 0) is 16.4 Å². The summed E-state index contributed by atoms with van der Waals surface area (Å²) in [5.74, 6) is 0.801. The number of guanidine groups is 1. The fourth-order valence-corrected chi connectivity index (χ4v) is 4.12. The highest BCUT2D eigenvalue weighted by molar-refractivity contribution is 7.90. The van der Waals surface area contributed by atoms with Crippen molar-refractivity contribution in [1.29, 1.82) is 0 Å². The second kappa shape index (κ2) is 10.7. The Morgan fingerprint density at radius 1 is 1.19 bits per heavy atom. The zero-order valence-corrected chi connectivity index (χ0v) is 17.7. The Morgan fingerprint density at radius 2 is 1.93 bits per heavy atom. The molecule has 2 rings (SSSR count). The first-order valence-electron chi connectivity index (χ1n) is 9.99. The van der Waals surface area contributed by atoms with Gasteiger partial charge in [0.1, 0.15) is 0 Å². The first-order chi connectivity index (χ1) is 12.9. The normalized spacial score (nSPS) is 19.1. The predicted octanol–water partition coefficient (Wildman–Crippen LogP) is 2.41. The number of rotatable bonds is 8. The van der Waals surface area contributed by atoms with Gasteiger partial charge in [-0.1, -0.05) is 25.5 Å². The van der Waals surface area contributed by atoms with Gasteiger partial charge in [-0.15, -0.1) is 0 Å². The molecule has 0 aliphatic carbocycles. The van der Waals surface area contributed by atoms with Crippen LogP contribution in [0.5, 0.6) is 0 Å². The van der Waals surface area contributed by atoms with E-state index in [0.29, 0.717) is 17.5 Å². The third kappa shape index (κ3) is 7.14. The van der Waals surface area contributed by atoms with Gasteiger partial charge in [-0.3, -0.25) is 4.90 Å². The Kier molecular flexibility index (Phi) is 8.57. The third-order valence-corrected chi connectivity index (χ3v) is 6.16. The van der Waals surface area contributed by atoms with Gasteiger partial charge in [0.15, 0.2) is 15.8 Å². The van der Waals surface area contributed by atoms with Crippen LogP contribution in [0.15, 0.2) is 34.2 Å². The Labute approximate surface area is 164 Å². The van der Waals surface area contributed by atoms with E-state index in [1.54, 1.807) is 12.1 Å². The zero-order chi connectivity index (χ0) is 19.7. The molecule has 0 amide bonds. The molecule has 2 N–H and O–H groups in total. The Hall–Kier alpha value is -1.60. The Balaban J connectivity index is 1.88.